The number of aromatic amines is 1. The van der Waals surface area contributed by atoms with E-state index in [1.807, 2.05) is 0 Å². The zero-order valence-corrected chi connectivity index (χ0v) is 10.4. The standard InChI is InChI=1S/C15H16N2O/c1-17-8-10(18)6-12-11-3-2-4-13-15(11)9(7-16-13)5-14(12)17/h2-4,7,12,14,16H,5-6,8H2,1H3/t12?,14-/m1/s1. The summed E-state index contributed by atoms with van der Waals surface area (Å²) in [4.78, 5) is 17.4. The first-order valence-corrected chi connectivity index (χ1v) is 6.55. The van der Waals surface area contributed by atoms with Gasteiger partial charge in [-0.2, -0.15) is 0 Å². The number of nitrogens with one attached hydrogen (secondary N) is 1. The first-order valence-electron chi connectivity index (χ1n) is 6.55. The van der Waals surface area contributed by atoms with Crippen molar-refractivity contribution in [2.45, 2.75) is 24.8 Å². The van der Waals surface area contributed by atoms with Crippen molar-refractivity contribution in [3.8, 4) is 0 Å². The Bertz CT molecular complexity index is 643. The molecule has 0 radical (unpaired) electrons. The summed E-state index contributed by atoms with van der Waals surface area (Å²) in [7, 11) is 2.08. The SMILES string of the molecule is CN1CC(=O)CC2c3cccc4[nH]cc(c34)C[C@H]21. The van der Waals surface area contributed by atoms with E-state index in [-0.39, 0.29) is 0 Å². The summed E-state index contributed by atoms with van der Waals surface area (Å²) < 4.78 is 0. The largest absolute Gasteiger partial charge is 0.361 e. The van der Waals surface area contributed by atoms with E-state index in [1.165, 1.54) is 22.0 Å². The average molecular weight is 240 g/mol. The second kappa shape index (κ2) is 3.45. The maximum atomic E-state index is 11.8. The monoisotopic (exact) mass is 240 g/mol. The highest BCUT2D eigenvalue weighted by molar-refractivity contribution is 5.90. The Morgan fingerprint density at radius 1 is 1.33 bits per heavy atom. The molecule has 3 nitrogen and oxygen atoms in total. The Kier molecular flexibility index (Phi) is 1.98. The van der Waals surface area contributed by atoms with Crippen molar-refractivity contribution in [2.24, 2.45) is 0 Å². The molecule has 92 valence electrons. The first-order chi connectivity index (χ1) is 8.74. The van der Waals surface area contributed by atoms with Crippen LogP contribution in [-0.2, 0) is 11.2 Å². The lowest BCUT2D eigenvalue weighted by Gasteiger charge is -2.41. The maximum Gasteiger partial charge on any atom is 0.147 e. The van der Waals surface area contributed by atoms with Crippen molar-refractivity contribution in [2.75, 3.05) is 13.6 Å². The summed E-state index contributed by atoms with van der Waals surface area (Å²) in [6, 6.07) is 6.90. The molecule has 1 aliphatic heterocycles. The molecule has 2 aromatic rings. The van der Waals surface area contributed by atoms with E-state index >= 15 is 0 Å². The third kappa shape index (κ3) is 1.25. The molecule has 1 fully saturated rings. The molecule has 2 aliphatic rings. The van der Waals surface area contributed by atoms with Gasteiger partial charge < -0.3 is 4.98 Å². The quantitative estimate of drug-likeness (QED) is 0.765. The second-order valence-corrected chi connectivity index (χ2v) is 5.62. The van der Waals surface area contributed by atoms with E-state index in [1.54, 1.807) is 0 Å². The van der Waals surface area contributed by atoms with E-state index in [2.05, 4.69) is 41.3 Å². The fourth-order valence-electron chi connectivity index (χ4n) is 3.74. The zero-order chi connectivity index (χ0) is 12.3. The van der Waals surface area contributed by atoms with Crippen molar-refractivity contribution in [1.82, 2.24) is 9.88 Å². The van der Waals surface area contributed by atoms with Crippen molar-refractivity contribution >= 4 is 16.7 Å². The molecule has 0 saturated carbocycles. The van der Waals surface area contributed by atoms with E-state index in [0.29, 0.717) is 30.7 Å². The average Bonchev–Trinajstić information content (AvgIpc) is 2.76. The lowest BCUT2D eigenvalue weighted by Crippen LogP contribution is -2.48. The molecule has 1 aliphatic carbocycles. The predicted octanol–water partition coefficient (Wildman–Crippen LogP) is 2.08. The Morgan fingerprint density at radius 3 is 3.11 bits per heavy atom. The van der Waals surface area contributed by atoms with Gasteiger partial charge in [-0.05, 0) is 30.7 Å². The van der Waals surface area contributed by atoms with E-state index < -0.39 is 0 Å². The van der Waals surface area contributed by atoms with Crippen LogP contribution in [0.4, 0.5) is 0 Å². The van der Waals surface area contributed by atoms with Crippen LogP contribution in [0.3, 0.4) is 0 Å². The molecule has 4 rings (SSSR count). The van der Waals surface area contributed by atoms with Crippen LogP contribution in [0.15, 0.2) is 24.4 Å². The lowest BCUT2D eigenvalue weighted by atomic mass is 9.75. The number of hydrogen-bond acceptors (Lipinski definition) is 2. The zero-order valence-electron chi connectivity index (χ0n) is 10.4. The summed E-state index contributed by atoms with van der Waals surface area (Å²) in [6.07, 6.45) is 3.90. The molecule has 0 amide bonds. The minimum Gasteiger partial charge on any atom is -0.361 e. The van der Waals surface area contributed by atoms with E-state index in [4.69, 9.17) is 0 Å². The number of hydrogen-bond donors (Lipinski definition) is 1. The molecule has 2 atom stereocenters. The van der Waals surface area contributed by atoms with Gasteiger partial charge >= 0.3 is 0 Å². The number of fused-ring (bicyclic) bond motifs is 2. The van der Waals surface area contributed by atoms with Crippen LogP contribution in [0.2, 0.25) is 0 Å². The number of nitrogens with zero attached hydrogens (tertiary/aromatic N) is 1. The van der Waals surface area contributed by atoms with Crippen molar-refractivity contribution in [3.63, 3.8) is 0 Å². The number of rotatable bonds is 0. The summed E-state index contributed by atoms with van der Waals surface area (Å²) in [5.74, 6) is 0.748. The van der Waals surface area contributed by atoms with Crippen LogP contribution in [0, 0.1) is 0 Å². The van der Waals surface area contributed by atoms with Crippen LogP contribution in [0.25, 0.3) is 10.9 Å². The topological polar surface area (TPSA) is 36.1 Å². The number of aromatic nitrogens is 1. The number of benzene rings is 1. The molecule has 2 heterocycles. The highest BCUT2D eigenvalue weighted by atomic mass is 16.1. The number of ketones is 1. The van der Waals surface area contributed by atoms with Gasteiger partial charge in [-0.15, -0.1) is 0 Å². The second-order valence-electron chi connectivity index (χ2n) is 5.62. The number of carbonyl (C=O) groups excluding carboxylic acids is 1. The summed E-state index contributed by atoms with van der Waals surface area (Å²) in [5.41, 5.74) is 3.98. The Hall–Kier alpha value is -1.61. The van der Waals surface area contributed by atoms with Crippen LogP contribution in [0.5, 0.6) is 0 Å². The van der Waals surface area contributed by atoms with E-state index in [0.717, 1.165) is 6.42 Å². The molecule has 3 heteroatoms. The van der Waals surface area contributed by atoms with Crippen LogP contribution >= 0.6 is 0 Å². The highest BCUT2D eigenvalue weighted by Gasteiger charge is 2.38. The minimum atomic E-state index is 0.370. The summed E-state index contributed by atoms with van der Waals surface area (Å²) in [5, 5.41) is 1.36. The van der Waals surface area contributed by atoms with Gasteiger partial charge in [-0.1, -0.05) is 12.1 Å². The molecule has 0 spiro atoms. The fraction of sp³-hybridized carbons (Fsp3) is 0.400. The number of Topliss-reactive ketones (excluding diaryl/α,β-unsaturated/α-hetero) is 1. The smallest absolute Gasteiger partial charge is 0.147 e. The van der Waals surface area contributed by atoms with E-state index in [9.17, 15) is 4.79 Å². The lowest BCUT2D eigenvalue weighted by molar-refractivity contribution is -0.123. The predicted molar refractivity (Wildman–Crippen MR) is 70.8 cm³/mol. The van der Waals surface area contributed by atoms with Gasteiger partial charge in [0.15, 0.2) is 0 Å². The third-order valence-electron chi connectivity index (χ3n) is 4.55. The molecule has 1 unspecified atom stereocenters. The van der Waals surface area contributed by atoms with Gasteiger partial charge in [0.05, 0.1) is 6.54 Å². The van der Waals surface area contributed by atoms with Crippen LogP contribution in [-0.4, -0.2) is 35.3 Å². The maximum absolute atomic E-state index is 11.8. The fourth-order valence-corrected chi connectivity index (χ4v) is 3.74. The van der Waals surface area contributed by atoms with Gasteiger partial charge in [-0.3, -0.25) is 9.69 Å². The van der Waals surface area contributed by atoms with Crippen molar-refractivity contribution in [3.05, 3.63) is 35.5 Å². The Balaban J connectivity index is 1.94. The molecular weight excluding hydrogens is 224 g/mol. The first kappa shape index (κ1) is 10.3. The van der Waals surface area contributed by atoms with Gasteiger partial charge in [0.2, 0.25) is 0 Å². The minimum absolute atomic E-state index is 0.370. The molecule has 1 saturated heterocycles. The summed E-state index contributed by atoms with van der Waals surface area (Å²) >= 11 is 0. The van der Waals surface area contributed by atoms with Gasteiger partial charge in [0.1, 0.15) is 5.78 Å². The number of piperidine rings is 1. The molecule has 0 bridgehead atoms. The van der Waals surface area contributed by atoms with Gasteiger partial charge in [0.25, 0.3) is 0 Å². The van der Waals surface area contributed by atoms with Gasteiger partial charge in [-0.25, -0.2) is 0 Å². The van der Waals surface area contributed by atoms with Crippen molar-refractivity contribution in [1.29, 1.82) is 0 Å². The Labute approximate surface area is 106 Å². The number of likely N-dealkylation sites (N-methyl/N-ethyl adjacent to an activating group) is 1. The van der Waals surface area contributed by atoms with Gasteiger partial charge in [0, 0.05) is 35.5 Å². The Morgan fingerprint density at radius 2 is 2.22 bits per heavy atom. The highest BCUT2D eigenvalue weighted by Crippen LogP contribution is 2.41. The van der Waals surface area contributed by atoms with Crippen molar-refractivity contribution < 1.29 is 4.79 Å². The number of H-pyrrole nitrogens is 1. The van der Waals surface area contributed by atoms with Crippen LogP contribution < -0.4 is 0 Å². The molecular formula is C15H16N2O. The molecule has 1 aromatic heterocycles. The normalized spacial score (nSPS) is 27.5. The van der Waals surface area contributed by atoms with Crippen LogP contribution in [0.1, 0.15) is 23.5 Å². The molecule has 1 N–H and O–H groups in total. The third-order valence-corrected chi connectivity index (χ3v) is 4.55. The number of likely N-dealkylation sites (tertiary alicyclic amines) is 1. The summed E-state index contributed by atoms with van der Waals surface area (Å²) in [6.45, 7) is 0.608. The number of carbonyl (C=O) groups is 1. The molecule has 1 aromatic carbocycles. The molecule has 18 heavy (non-hydrogen) atoms.